The molecule has 0 spiro atoms. The molecule has 1 aromatic rings. The SMILES string of the molecule is COc1ccc(NC(=O)CS(=O)(=O)CCC(C)=O)cc1. The van der Waals surface area contributed by atoms with E-state index in [1.54, 1.807) is 24.3 Å². The number of amides is 1. The molecule has 1 N–H and O–H groups in total. The van der Waals surface area contributed by atoms with Crippen molar-refractivity contribution in [1.29, 1.82) is 0 Å². The van der Waals surface area contributed by atoms with Crippen molar-refractivity contribution in [3.8, 4) is 5.75 Å². The molecule has 0 aliphatic rings. The number of carbonyl (C=O) groups excluding carboxylic acids is 2. The molecule has 0 radical (unpaired) electrons. The topological polar surface area (TPSA) is 89.5 Å². The predicted molar refractivity (Wildman–Crippen MR) is 75.6 cm³/mol. The lowest BCUT2D eigenvalue weighted by Gasteiger charge is -2.06. The number of carbonyl (C=O) groups is 2. The molecule has 20 heavy (non-hydrogen) atoms. The normalized spacial score (nSPS) is 10.9. The maximum absolute atomic E-state index is 11.6. The zero-order chi connectivity index (χ0) is 15.2. The maximum atomic E-state index is 11.6. The van der Waals surface area contributed by atoms with Crippen LogP contribution >= 0.6 is 0 Å². The molecule has 0 bridgehead atoms. The summed E-state index contributed by atoms with van der Waals surface area (Å²) in [4.78, 5) is 22.4. The van der Waals surface area contributed by atoms with Crippen LogP contribution in [0, 0.1) is 0 Å². The van der Waals surface area contributed by atoms with E-state index >= 15 is 0 Å². The van der Waals surface area contributed by atoms with Crippen LogP contribution in [0.3, 0.4) is 0 Å². The Morgan fingerprint density at radius 3 is 2.30 bits per heavy atom. The molecule has 0 saturated heterocycles. The van der Waals surface area contributed by atoms with Gasteiger partial charge in [-0.3, -0.25) is 9.59 Å². The summed E-state index contributed by atoms with van der Waals surface area (Å²) >= 11 is 0. The smallest absolute Gasteiger partial charge is 0.239 e. The standard InChI is InChI=1S/C13H17NO5S/c1-10(15)7-8-20(17,18)9-13(16)14-11-3-5-12(19-2)6-4-11/h3-6H,7-9H2,1-2H3,(H,14,16). The molecule has 0 aromatic heterocycles. The average Bonchev–Trinajstić information content (AvgIpc) is 2.37. The fraction of sp³-hybridized carbons (Fsp3) is 0.385. The summed E-state index contributed by atoms with van der Waals surface area (Å²) in [6, 6.07) is 6.53. The van der Waals surface area contributed by atoms with E-state index in [-0.39, 0.29) is 18.0 Å². The maximum Gasteiger partial charge on any atom is 0.239 e. The van der Waals surface area contributed by atoms with Gasteiger partial charge in [-0.25, -0.2) is 8.42 Å². The van der Waals surface area contributed by atoms with Crippen LogP contribution in [0.1, 0.15) is 13.3 Å². The van der Waals surface area contributed by atoms with Gasteiger partial charge in [0.05, 0.1) is 12.9 Å². The number of hydrogen-bond acceptors (Lipinski definition) is 5. The van der Waals surface area contributed by atoms with Gasteiger partial charge in [-0.15, -0.1) is 0 Å². The lowest BCUT2D eigenvalue weighted by molar-refractivity contribution is -0.117. The first-order valence-corrected chi connectivity index (χ1v) is 7.78. The molecule has 0 aliphatic carbocycles. The Bertz CT molecular complexity index is 577. The Hall–Kier alpha value is -1.89. The molecule has 0 atom stereocenters. The third-order valence-corrected chi connectivity index (χ3v) is 4.02. The summed E-state index contributed by atoms with van der Waals surface area (Å²) in [6.45, 7) is 1.31. The van der Waals surface area contributed by atoms with Crippen molar-refractivity contribution in [2.45, 2.75) is 13.3 Å². The summed E-state index contributed by atoms with van der Waals surface area (Å²) in [6.07, 6.45) is -0.0713. The van der Waals surface area contributed by atoms with Gasteiger partial charge in [-0.2, -0.15) is 0 Å². The van der Waals surface area contributed by atoms with Crippen LogP contribution in [-0.4, -0.2) is 38.7 Å². The van der Waals surface area contributed by atoms with Crippen molar-refractivity contribution in [1.82, 2.24) is 0 Å². The van der Waals surface area contributed by atoms with Crippen molar-refractivity contribution < 1.29 is 22.7 Å². The number of Topliss-reactive ketones (excluding diaryl/α,β-unsaturated/α-hetero) is 1. The van der Waals surface area contributed by atoms with Gasteiger partial charge in [0.15, 0.2) is 9.84 Å². The minimum atomic E-state index is -3.57. The molecule has 0 aliphatic heterocycles. The quantitative estimate of drug-likeness (QED) is 0.812. The highest BCUT2D eigenvalue weighted by molar-refractivity contribution is 7.92. The molecule has 0 unspecified atom stereocenters. The Morgan fingerprint density at radius 2 is 1.80 bits per heavy atom. The number of ketones is 1. The van der Waals surface area contributed by atoms with E-state index in [9.17, 15) is 18.0 Å². The number of sulfone groups is 1. The third-order valence-electron chi connectivity index (χ3n) is 2.49. The summed E-state index contributed by atoms with van der Waals surface area (Å²) in [5, 5.41) is 2.48. The summed E-state index contributed by atoms with van der Waals surface area (Å²) in [5.74, 6) is -1.15. The summed E-state index contributed by atoms with van der Waals surface area (Å²) in [7, 11) is -2.04. The van der Waals surface area contributed by atoms with Crippen LogP contribution in [0.2, 0.25) is 0 Å². The van der Waals surface area contributed by atoms with Gasteiger partial charge in [0.25, 0.3) is 0 Å². The van der Waals surface area contributed by atoms with E-state index < -0.39 is 21.5 Å². The molecule has 7 heteroatoms. The van der Waals surface area contributed by atoms with E-state index in [1.807, 2.05) is 0 Å². The minimum absolute atomic E-state index is 0.0713. The fourth-order valence-corrected chi connectivity index (χ4v) is 2.66. The van der Waals surface area contributed by atoms with Gasteiger partial charge in [0, 0.05) is 12.1 Å². The van der Waals surface area contributed by atoms with Gasteiger partial charge in [0.2, 0.25) is 5.91 Å². The van der Waals surface area contributed by atoms with Crippen LogP contribution in [0.5, 0.6) is 5.75 Å². The molecular weight excluding hydrogens is 282 g/mol. The van der Waals surface area contributed by atoms with Crippen molar-refractivity contribution in [2.24, 2.45) is 0 Å². The summed E-state index contributed by atoms with van der Waals surface area (Å²) in [5.41, 5.74) is 0.484. The average molecular weight is 299 g/mol. The van der Waals surface area contributed by atoms with Gasteiger partial charge < -0.3 is 10.1 Å². The van der Waals surface area contributed by atoms with E-state index in [0.717, 1.165) is 0 Å². The monoisotopic (exact) mass is 299 g/mol. The van der Waals surface area contributed by atoms with Crippen molar-refractivity contribution in [2.75, 3.05) is 23.9 Å². The Kier molecular flexibility index (Phi) is 5.69. The predicted octanol–water partition coefficient (Wildman–Crippen LogP) is 1.03. The Labute approximate surface area is 118 Å². The number of ether oxygens (including phenoxy) is 1. The van der Waals surface area contributed by atoms with Gasteiger partial charge in [-0.1, -0.05) is 0 Å². The second-order valence-electron chi connectivity index (χ2n) is 4.32. The largest absolute Gasteiger partial charge is 0.497 e. The number of nitrogens with one attached hydrogen (secondary N) is 1. The molecule has 0 saturated carbocycles. The van der Waals surface area contributed by atoms with Crippen LogP contribution in [0.25, 0.3) is 0 Å². The Morgan fingerprint density at radius 1 is 1.20 bits per heavy atom. The van der Waals surface area contributed by atoms with E-state index in [0.29, 0.717) is 11.4 Å². The molecule has 1 rings (SSSR count). The highest BCUT2D eigenvalue weighted by Gasteiger charge is 2.17. The zero-order valence-corrected chi connectivity index (χ0v) is 12.2. The van der Waals surface area contributed by atoms with Crippen LogP contribution in [0.4, 0.5) is 5.69 Å². The Balaban J connectivity index is 2.56. The number of benzene rings is 1. The van der Waals surface area contributed by atoms with Gasteiger partial charge >= 0.3 is 0 Å². The number of rotatable bonds is 7. The first-order chi connectivity index (χ1) is 9.32. The molecule has 0 fully saturated rings. The fourth-order valence-electron chi connectivity index (χ4n) is 1.44. The highest BCUT2D eigenvalue weighted by Crippen LogP contribution is 2.15. The van der Waals surface area contributed by atoms with Crippen molar-refractivity contribution in [3.63, 3.8) is 0 Å². The van der Waals surface area contributed by atoms with E-state index in [1.165, 1.54) is 14.0 Å². The van der Waals surface area contributed by atoms with Crippen LogP contribution in [0.15, 0.2) is 24.3 Å². The molecule has 1 aromatic carbocycles. The second kappa shape index (κ2) is 7.04. The summed E-state index contributed by atoms with van der Waals surface area (Å²) < 4.78 is 28.2. The highest BCUT2D eigenvalue weighted by atomic mass is 32.2. The molecule has 0 heterocycles. The van der Waals surface area contributed by atoms with E-state index in [2.05, 4.69) is 5.32 Å². The lowest BCUT2D eigenvalue weighted by atomic mass is 10.3. The number of methoxy groups -OCH3 is 1. The van der Waals surface area contributed by atoms with Crippen LogP contribution < -0.4 is 10.1 Å². The number of anilines is 1. The molecule has 110 valence electrons. The molecule has 6 nitrogen and oxygen atoms in total. The first kappa shape index (κ1) is 16.2. The lowest BCUT2D eigenvalue weighted by Crippen LogP contribution is -2.25. The number of hydrogen-bond donors (Lipinski definition) is 1. The van der Waals surface area contributed by atoms with Gasteiger partial charge in [0.1, 0.15) is 17.3 Å². The van der Waals surface area contributed by atoms with Crippen molar-refractivity contribution in [3.05, 3.63) is 24.3 Å². The van der Waals surface area contributed by atoms with Crippen LogP contribution in [-0.2, 0) is 19.4 Å². The zero-order valence-electron chi connectivity index (χ0n) is 11.4. The first-order valence-electron chi connectivity index (χ1n) is 5.96. The second-order valence-corrected chi connectivity index (χ2v) is 6.50. The van der Waals surface area contributed by atoms with Crippen molar-refractivity contribution >= 4 is 27.2 Å². The van der Waals surface area contributed by atoms with E-state index in [4.69, 9.17) is 4.74 Å². The molecule has 1 amide bonds. The third kappa shape index (κ3) is 5.83. The molecular formula is C13H17NO5S. The minimum Gasteiger partial charge on any atom is -0.497 e. The van der Waals surface area contributed by atoms with Gasteiger partial charge in [-0.05, 0) is 31.2 Å².